The van der Waals surface area contributed by atoms with E-state index in [1.54, 1.807) is 29.4 Å². The van der Waals surface area contributed by atoms with E-state index in [0.717, 1.165) is 47.2 Å². The molecular formula is C22H26N4OS2. The molecule has 0 unspecified atom stereocenters. The highest BCUT2D eigenvalue weighted by atomic mass is 32.2. The Morgan fingerprint density at radius 2 is 1.93 bits per heavy atom. The average molecular weight is 427 g/mol. The normalized spacial score (nSPS) is 15.2. The zero-order valence-electron chi connectivity index (χ0n) is 17.1. The quantitative estimate of drug-likeness (QED) is 0.451. The molecule has 1 fully saturated rings. The fourth-order valence-corrected chi connectivity index (χ4v) is 5.45. The molecule has 0 atom stereocenters. The van der Waals surface area contributed by atoms with Gasteiger partial charge in [-0.05, 0) is 37.6 Å². The van der Waals surface area contributed by atoms with Crippen molar-refractivity contribution in [2.24, 2.45) is 0 Å². The fourth-order valence-electron chi connectivity index (χ4n) is 3.53. The SMILES string of the molecule is Cc1ccc(-c2csc3ncnc(SCCC(=O)N4CCN(C)CC4)c23)cc1C. The average Bonchev–Trinajstić information content (AvgIpc) is 3.15. The number of aromatic nitrogens is 2. The van der Waals surface area contributed by atoms with Gasteiger partial charge >= 0.3 is 0 Å². The second-order valence-electron chi connectivity index (χ2n) is 7.59. The summed E-state index contributed by atoms with van der Waals surface area (Å²) in [5, 5.41) is 4.25. The molecule has 1 aromatic carbocycles. The van der Waals surface area contributed by atoms with Gasteiger partial charge < -0.3 is 9.80 Å². The number of thioether (sulfide) groups is 1. The van der Waals surface area contributed by atoms with Crippen LogP contribution in [0.3, 0.4) is 0 Å². The van der Waals surface area contributed by atoms with Crippen LogP contribution >= 0.6 is 23.1 Å². The number of rotatable bonds is 5. The van der Waals surface area contributed by atoms with Crippen LogP contribution in [0.25, 0.3) is 21.3 Å². The summed E-state index contributed by atoms with van der Waals surface area (Å²) in [6.45, 7) is 7.85. The van der Waals surface area contributed by atoms with E-state index >= 15 is 0 Å². The minimum atomic E-state index is 0.246. The number of amides is 1. The van der Waals surface area contributed by atoms with Crippen molar-refractivity contribution < 1.29 is 4.79 Å². The van der Waals surface area contributed by atoms with Crippen LogP contribution in [-0.4, -0.2) is 64.7 Å². The molecule has 0 bridgehead atoms. The molecular weight excluding hydrogens is 400 g/mol. The van der Waals surface area contributed by atoms with Crippen LogP contribution < -0.4 is 0 Å². The Kier molecular flexibility index (Phi) is 6.18. The predicted octanol–water partition coefficient (Wildman–Crippen LogP) is 4.23. The number of carbonyl (C=O) groups is 1. The lowest BCUT2D eigenvalue weighted by Crippen LogP contribution is -2.47. The Labute approximate surface area is 180 Å². The van der Waals surface area contributed by atoms with Crippen LogP contribution in [0.15, 0.2) is 34.9 Å². The van der Waals surface area contributed by atoms with Crippen LogP contribution in [0.5, 0.6) is 0 Å². The van der Waals surface area contributed by atoms with Crippen molar-refractivity contribution in [3.05, 3.63) is 41.0 Å². The fraction of sp³-hybridized carbons (Fsp3) is 0.409. The topological polar surface area (TPSA) is 49.3 Å². The van der Waals surface area contributed by atoms with Crippen molar-refractivity contribution in [3.8, 4) is 11.1 Å². The van der Waals surface area contributed by atoms with Crippen LogP contribution in [-0.2, 0) is 4.79 Å². The summed E-state index contributed by atoms with van der Waals surface area (Å²) in [5.41, 5.74) is 4.96. The van der Waals surface area contributed by atoms with E-state index in [1.807, 2.05) is 4.90 Å². The van der Waals surface area contributed by atoms with Crippen molar-refractivity contribution in [1.29, 1.82) is 0 Å². The Bertz CT molecular complexity index is 1020. The largest absolute Gasteiger partial charge is 0.340 e. The minimum Gasteiger partial charge on any atom is -0.340 e. The molecule has 1 amide bonds. The molecule has 152 valence electrons. The van der Waals surface area contributed by atoms with Gasteiger partial charge in [-0.2, -0.15) is 0 Å². The van der Waals surface area contributed by atoms with Crippen molar-refractivity contribution in [2.75, 3.05) is 39.0 Å². The van der Waals surface area contributed by atoms with E-state index in [0.29, 0.717) is 6.42 Å². The Morgan fingerprint density at radius 3 is 2.69 bits per heavy atom. The number of carbonyl (C=O) groups excluding carboxylic acids is 1. The van der Waals surface area contributed by atoms with E-state index in [9.17, 15) is 4.79 Å². The number of hydrogen-bond acceptors (Lipinski definition) is 6. The standard InChI is InChI=1S/C22H26N4OS2/c1-15-4-5-17(12-16(15)2)18-13-29-22-20(18)21(23-14-24-22)28-11-6-19(27)26-9-7-25(3)8-10-26/h4-5,12-14H,6-11H2,1-3H3. The highest BCUT2D eigenvalue weighted by Gasteiger charge is 2.19. The number of aryl methyl sites for hydroxylation is 2. The summed E-state index contributed by atoms with van der Waals surface area (Å²) >= 11 is 3.31. The molecule has 5 nitrogen and oxygen atoms in total. The van der Waals surface area contributed by atoms with E-state index in [1.165, 1.54) is 22.3 Å². The molecule has 1 aliphatic heterocycles. The Hall–Kier alpha value is -1.96. The lowest BCUT2D eigenvalue weighted by atomic mass is 10.0. The first-order valence-electron chi connectivity index (χ1n) is 9.92. The molecule has 29 heavy (non-hydrogen) atoms. The third kappa shape index (κ3) is 4.47. The van der Waals surface area contributed by atoms with Crippen molar-refractivity contribution in [1.82, 2.24) is 19.8 Å². The van der Waals surface area contributed by atoms with Gasteiger partial charge in [-0.1, -0.05) is 18.2 Å². The molecule has 1 saturated heterocycles. The van der Waals surface area contributed by atoms with Gasteiger partial charge in [0.15, 0.2) is 0 Å². The monoisotopic (exact) mass is 426 g/mol. The molecule has 2 aromatic heterocycles. The summed E-state index contributed by atoms with van der Waals surface area (Å²) in [6.07, 6.45) is 2.18. The lowest BCUT2D eigenvalue weighted by Gasteiger charge is -2.32. The zero-order valence-corrected chi connectivity index (χ0v) is 18.8. The van der Waals surface area contributed by atoms with Gasteiger partial charge in [-0.15, -0.1) is 23.1 Å². The maximum absolute atomic E-state index is 12.5. The Morgan fingerprint density at radius 1 is 1.14 bits per heavy atom. The number of hydrogen-bond donors (Lipinski definition) is 0. The number of piperazine rings is 1. The summed E-state index contributed by atoms with van der Waals surface area (Å²) in [7, 11) is 2.10. The maximum atomic E-state index is 12.5. The molecule has 7 heteroatoms. The van der Waals surface area contributed by atoms with Gasteiger partial charge in [0.25, 0.3) is 0 Å². The summed E-state index contributed by atoms with van der Waals surface area (Å²) in [5.74, 6) is 0.982. The van der Waals surface area contributed by atoms with Crippen LogP contribution in [0.4, 0.5) is 0 Å². The molecule has 0 spiro atoms. The highest BCUT2D eigenvalue weighted by molar-refractivity contribution is 7.99. The summed E-state index contributed by atoms with van der Waals surface area (Å²) < 4.78 is 0. The minimum absolute atomic E-state index is 0.246. The summed E-state index contributed by atoms with van der Waals surface area (Å²) in [4.78, 5) is 26.8. The molecule has 0 aliphatic carbocycles. The van der Waals surface area contributed by atoms with E-state index in [-0.39, 0.29) is 5.91 Å². The van der Waals surface area contributed by atoms with Gasteiger partial charge in [-0.3, -0.25) is 4.79 Å². The smallest absolute Gasteiger partial charge is 0.223 e. The predicted molar refractivity (Wildman–Crippen MR) is 122 cm³/mol. The molecule has 4 rings (SSSR count). The third-order valence-corrected chi connectivity index (χ3v) is 7.44. The summed E-state index contributed by atoms with van der Waals surface area (Å²) in [6, 6.07) is 6.57. The molecule has 1 aliphatic rings. The van der Waals surface area contributed by atoms with Gasteiger partial charge in [0.2, 0.25) is 5.91 Å². The van der Waals surface area contributed by atoms with Crippen LogP contribution in [0, 0.1) is 13.8 Å². The first-order valence-corrected chi connectivity index (χ1v) is 11.8. The molecule has 0 N–H and O–H groups in total. The van der Waals surface area contributed by atoms with Gasteiger partial charge in [-0.25, -0.2) is 9.97 Å². The molecule has 0 saturated carbocycles. The molecule has 3 aromatic rings. The number of likely N-dealkylation sites (N-methyl/N-ethyl adjacent to an activating group) is 1. The van der Waals surface area contributed by atoms with Crippen molar-refractivity contribution in [3.63, 3.8) is 0 Å². The number of benzene rings is 1. The molecule has 0 radical (unpaired) electrons. The van der Waals surface area contributed by atoms with Crippen molar-refractivity contribution in [2.45, 2.75) is 25.3 Å². The third-order valence-electron chi connectivity index (χ3n) is 5.56. The van der Waals surface area contributed by atoms with E-state index in [2.05, 4.69) is 59.3 Å². The van der Waals surface area contributed by atoms with Crippen LogP contribution in [0.2, 0.25) is 0 Å². The van der Waals surface area contributed by atoms with Gasteiger partial charge in [0.05, 0.1) is 5.39 Å². The van der Waals surface area contributed by atoms with Crippen LogP contribution in [0.1, 0.15) is 17.5 Å². The van der Waals surface area contributed by atoms with Gasteiger partial charge in [0, 0.05) is 49.3 Å². The van der Waals surface area contributed by atoms with Gasteiger partial charge in [0.1, 0.15) is 16.2 Å². The number of fused-ring (bicyclic) bond motifs is 1. The molecule has 3 heterocycles. The van der Waals surface area contributed by atoms with E-state index < -0.39 is 0 Å². The van der Waals surface area contributed by atoms with E-state index in [4.69, 9.17) is 0 Å². The second kappa shape index (κ2) is 8.81. The number of nitrogens with zero attached hydrogens (tertiary/aromatic N) is 4. The lowest BCUT2D eigenvalue weighted by molar-refractivity contribution is -0.132. The van der Waals surface area contributed by atoms with Crippen molar-refractivity contribution >= 4 is 39.2 Å². The maximum Gasteiger partial charge on any atom is 0.223 e. The zero-order chi connectivity index (χ0) is 20.4. The first kappa shape index (κ1) is 20.3. The number of thiophene rings is 1. The highest BCUT2D eigenvalue weighted by Crippen LogP contribution is 2.38. The second-order valence-corrected chi connectivity index (χ2v) is 9.53. The first-order chi connectivity index (χ1) is 14.0. The Balaban J connectivity index is 1.50.